The van der Waals surface area contributed by atoms with E-state index in [1.54, 1.807) is 6.92 Å². The van der Waals surface area contributed by atoms with E-state index in [1.165, 1.54) is 16.0 Å². The zero-order valence-corrected chi connectivity index (χ0v) is 17.3. The van der Waals surface area contributed by atoms with Gasteiger partial charge >= 0.3 is 0 Å². The predicted octanol–water partition coefficient (Wildman–Crippen LogP) is 4.70. The van der Waals surface area contributed by atoms with Gasteiger partial charge in [-0.25, -0.2) is 9.67 Å². The van der Waals surface area contributed by atoms with Gasteiger partial charge in [-0.05, 0) is 30.9 Å². The van der Waals surface area contributed by atoms with Gasteiger partial charge in [0.05, 0.1) is 22.0 Å². The first-order valence-corrected chi connectivity index (χ1v) is 10.1. The summed E-state index contributed by atoms with van der Waals surface area (Å²) in [5.41, 5.74) is 2.22. The second-order valence-corrected chi connectivity index (χ2v) is 9.05. The van der Waals surface area contributed by atoms with Crippen molar-refractivity contribution in [1.29, 1.82) is 0 Å². The highest BCUT2D eigenvalue weighted by Crippen LogP contribution is 2.38. The lowest BCUT2D eigenvalue weighted by Crippen LogP contribution is -2.26. The zero-order chi connectivity index (χ0) is 20.1. The molecule has 28 heavy (non-hydrogen) atoms. The number of fused-ring (bicyclic) bond motifs is 1. The van der Waals surface area contributed by atoms with Gasteiger partial charge < -0.3 is 0 Å². The van der Waals surface area contributed by atoms with Gasteiger partial charge in [-0.3, -0.25) is 14.9 Å². The molecule has 0 radical (unpaired) electrons. The summed E-state index contributed by atoms with van der Waals surface area (Å²) in [6.45, 7) is 5.83. The van der Waals surface area contributed by atoms with Gasteiger partial charge in [-0.15, -0.1) is 0 Å². The molecule has 0 atom stereocenters. The summed E-state index contributed by atoms with van der Waals surface area (Å²) in [6, 6.07) is 9.38. The van der Waals surface area contributed by atoms with Crippen LogP contribution in [0.25, 0.3) is 5.69 Å². The fraction of sp³-hybridized carbons (Fsp3) is 0.300. The molecule has 8 heteroatoms. The fourth-order valence-electron chi connectivity index (χ4n) is 3.43. The number of nitrogens with one attached hydrogen (secondary N) is 1. The van der Waals surface area contributed by atoms with Crippen molar-refractivity contribution in [2.45, 2.75) is 33.6 Å². The Morgan fingerprint density at radius 3 is 2.68 bits per heavy atom. The zero-order valence-electron chi connectivity index (χ0n) is 15.7. The molecule has 1 N–H and O–H groups in total. The Morgan fingerprint density at radius 2 is 1.96 bits per heavy atom. The number of anilines is 1. The maximum Gasteiger partial charge on any atom is 0.262 e. The summed E-state index contributed by atoms with van der Waals surface area (Å²) in [4.78, 5) is 30.3. The molecule has 4 rings (SSSR count). The van der Waals surface area contributed by atoms with Gasteiger partial charge in [0, 0.05) is 6.42 Å². The van der Waals surface area contributed by atoms with Crippen LogP contribution in [0, 0.1) is 12.3 Å². The molecule has 0 aliphatic heterocycles. The number of ketones is 1. The summed E-state index contributed by atoms with van der Waals surface area (Å²) >= 11 is 7.67. The van der Waals surface area contributed by atoms with Crippen LogP contribution in [0.2, 0.25) is 5.15 Å². The van der Waals surface area contributed by atoms with E-state index < -0.39 is 0 Å². The highest BCUT2D eigenvalue weighted by Gasteiger charge is 2.34. The number of hydrogen-bond acceptors (Lipinski definition) is 5. The van der Waals surface area contributed by atoms with E-state index >= 15 is 0 Å². The van der Waals surface area contributed by atoms with Gasteiger partial charge in [0.25, 0.3) is 5.91 Å². The molecule has 1 amide bonds. The standard InChI is InChI=1S/C20H19ClN4O2S/c1-11-15(17(21)25(24-11)12-7-5-4-6-8-12)18(27)23-19-22-13-9-20(2,3)10-14(26)16(13)28-19/h4-8H,9-10H2,1-3H3,(H,22,23,27). The molecule has 1 aliphatic rings. The van der Waals surface area contributed by atoms with E-state index in [4.69, 9.17) is 11.6 Å². The molecule has 2 heterocycles. The highest BCUT2D eigenvalue weighted by molar-refractivity contribution is 7.17. The number of carbonyl (C=O) groups excluding carboxylic acids is 2. The molecule has 1 aliphatic carbocycles. The minimum atomic E-state index is -0.387. The molecule has 0 spiro atoms. The number of halogens is 1. The summed E-state index contributed by atoms with van der Waals surface area (Å²) in [6.07, 6.45) is 1.20. The topological polar surface area (TPSA) is 76.9 Å². The first-order chi connectivity index (χ1) is 13.2. The predicted molar refractivity (Wildman–Crippen MR) is 110 cm³/mol. The number of aromatic nitrogens is 3. The van der Waals surface area contributed by atoms with Crippen LogP contribution in [0.5, 0.6) is 0 Å². The smallest absolute Gasteiger partial charge is 0.262 e. The number of hydrogen-bond donors (Lipinski definition) is 1. The number of carbonyl (C=O) groups is 2. The fourth-order valence-corrected chi connectivity index (χ4v) is 4.70. The van der Waals surface area contributed by atoms with Crippen molar-refractivity contribution >= 4 is 39.8 Å². The van der Waals surface area contributed by atoms with E-state index in [0.29, 0.717) is 34.1 Å². The number of nitrogens with zero attached hydrogens (tertiary/aromatic N) is 3. The molecule has 3 aromatic rings. The van der Waals surface area contributed by atoms with E-state index in [1.807, 2.05) is 44.2 Å². The third kappa shape index (κ3) is 3.36. The first kappa shape index (κ1) is 18.8. The highest BCUT2D eigenvalue weighted by atomic mass is 35.5. The van der Waals surface area contributed by atoms with Gasteiger partial charge in [-0.2, -0.15) is 5.10 Å². The van der Waals surface area contributed by atoms with Crippen LogP contribution in [-0.2, 0) is 6.42 Å². The molecule has 0 bridgehead atoms. The number of benzene rings is 1. The second-order valence-electron chi connectivity index (χ2n) is 7.69. The van der Waals surface area contributed by atoms with Crippen LogP contribution in [0.1, 0.15) is 51.7 Å². The lowest BCUT2D eigenvalue weighted by atomic mass is 9.78. The number of Topliss-reactive ketones (excluding diaryl/α,β-unsaturated/α-hetero) is 1. The summed E-state index contributed by atoms with van der Waals surface area (Å²) in [5.74, 6) is -0.308. The van der Waals surface area contributed by atoms with Gasteiger partial charge in [0.1, 0.15) is 10.7 Å². The van der Waals surface area contributed by atoms with Crippen LogP contribution in [0.3, 0.4) is 0 Å². The second kappa shape index (κ2) is 6.83. The van der Waals surface area contributed by atoms with Crippen LogP contribution < -0.4 is 5.32 Å². The normalized spacial score (nSPS) is 15.4. The molecule has 0 unspecified atom stereocenters. The monoisotopic (exact) mass is 414 g/mol. The number of aryl methyl sites for hydroxylation is 1. The van der Waals surface area contributed by atoms with E-state index in [0.717, 1.165) is 11.4 Å². The Hall–Kier alpha value is -2.51. The average Bonchev–Trinajstić information content (AvgIpc) is 3.14. The van der Waals surface area contributed by atoms with Crippen molar-refractivity contribution in [2.24, 2.45) is 5.41 Å². The van der Waals surface area contributed by atoms with Gasteiger partial charge in [0.2, 0.25) is 0 Å². The number of rotatable bonds is 3. The lowest BCUT2D eigenvalue weighted by Gasteiger charge is -2.26. The van der Waals surface area contributed by atoms with E-state index in [9.17, 15) is 9.59 Å². The van der Waals surface area contributed by atoms with E-state index in [-0.39, 0.29) is 22.3 Å². The molecule has 0 fully saturated rings. The van der Waals surface area contributed by atoms with Crippen LogP contribution in [0.4, 0.5) is 5.13 Å². The minimum Gasteiger partial charge on any atom is -0.298 e. The molecule has 0 saturated heterocycles. The summed E-state index contributed by atoms with van der Waals surface area (Å²) in [5, 5.41) is 7.82. The number of amides is 1. The van der Waals surface area contributed by atoms with Gasteiger partial charge in [-0.1, -0.05) is 55.0 Å². The van der Waals surface area contributed by atoms with Crippen molar-refractivity contribution in [3.8, 4) is 5.69 Å². The van der Waals surface area contributed by atoms with Crippen molar-refractivity contribution < 1.29 is 9.59 Å². The third-order valence-corrected chi connectivity index (χ3v) is 6.09. The molecule has 0 saturated carbocycles. The van der Waals surface area contributed by atoms with E-state index in [2.05, 4.69) is 15.4 Å². The maximum atomic E-state index is 12.9. The Bertz CT molecular complexity index is 1090. The average molecular weight is 415 g/mol. The van der Waals surface area contributed by atoms with Crippen molar-refractivity contribution in [1.82, 2.24) is 14.8 Å². The van der Waals surface area contributed by atoms with Crippen LogP contribution >= 0.6 is 22.9 Å². The molecule has 1 aromatic carbocycles. The van der Waals surface area contributed by atoms with Crippen molar-refractivity contribution in [3.63, 3.8) is 0 Å². The molecular formula is C20H19ClN4O2S. The Morgan fingerprint density at radius 1 is 1.25 bits per heavy atom. The lowest BCUT2D eigenvalue weighted by molar-refractivity contribution is 0.0915. The Kier molecular flexibility index (Phi) is 4.59. The summed E-state index contributed by atoms with van der Waals surface area (Å²) < 4.78 is 1.53. The molecule has 144 valence electrons. The number of para-hydroxylation sites is 1. The summed E-state index contributed by atoms with van der Waals surface area (Å²) in [7, 11) is 0. The SMILES string of the molecule is Cc1nn(-c2ccccc2)c(Cl)c1C(=O)Nc1nc2c(s1)C(=O)CC(C)(C)C2. The van der Waals surface area contributed by atoms with Crippen molar-refractivity contribution in [3.05, 3.63) is 57.3 Å². The maximum absolute atomic E-state index is 12.9. The third-order valence-electron chi connectivity index (χ3n) is 4.69. The van der Waals surface area contributed by atoms with Gasteiger partial charge in [0.15, 0.2) is 10.9 Å². The van der Waals surface area contributed by atoms with Crippen LogP contribution in [-0.4, -0.2) is 26.5 Å². The van der Waals surface area contributed by atoms with Crippen LogP contribution in [0.15, 0.2) is 30.3 Å². The molecule has 6 nitrogen and oxygen atoms in total. The largest absolute Gasteiger partial charge is 0.298 e. The minimum absolute atomic E-state index is 0.0790. The van der Waals surface area contributed by atoms with Crippen molar-refractivity contribution in [2.75, 3.05) is 5.32 Å². The Labute approximate surface area is 171 Å². The quantitative estimate of drug-likeness (QED) is 0.674. The molecule has 2 aromatic heterocycles. The Balaban J connectivity index is 1.62. The molecular weight excluding hydrogens is 396 g/mol. The number of thiazole rings is 1. The first-order valence-electron chi connectivity index (χ1n) is 8.90.